The Kier molecular flexibility index (Phi) is 7.07. The first-order chi connectivity index (χ1) is 13.9. The predicted molar refractivity (Wildman–Crippen MR) is 127 cm³/mol. The molecule has 0 aliphatic heterocycles. The molecular formula is C21H19BrIN3O3. The lowest BCUT2D eigenvalue weighted by Crippen LogP contribution is -2.20. The maximum atomic E-state index is 12.9. The largest absolute Gasteiger partial charge is 0.490 e. The second-order valence-corrected chi connectivity index (χ2v) is 8.12. The van der Waals surface area contributed by atoms with Crippen LogP contribution in [-0.4, -0.2) is 29.1 Å². The summed E-state index contributed by atoms with van der Waals surface area (Å²) in [6.07, 6.45) is 3.29. The van der Waals surface area contributed by atoms with Gasteiger partial charge in [-0.05, 0) is 72.3 Å². The lowest BCUT2D eigenvalue weighted by Gasteiger charge is -2.13. The van der Waals surface area contributed by atoms with Crippen molar-refractivity contribution in [1.82, 2.24) is 9.66 Å². The van der Waals surface area contributed by atoms with Gasteiger partial charge in [0.2, 0.25) is 0 Å². The molecule has 1 aromatic heterocycles. The molecule has 0 aliphatic carbocycles. The van der Waals surface area contributed by atoms with E-state index < -0.39 is 0 Å². The van der Waals surface area contributed by atoms with Gasteiger partial charge in [0.05, 0.1) is 27.3 Å². The SMILES string of the molecule is C=CCOc1c(I)cc(C=Nn2c(C)nc3ccc(Br)cc3c2=O)cc1OCC. The van der Waals surface area contributed by atoms with Crippen LogP contribution in [0.4, 0.5) is 0 Å². The fourth-order valence-electron chi connectivity index (χ4n) is 2.73. The Labute approximate surface area is 190 Å². The molecule has 0 spiro atoms. The number of aromatic nitrogens is 2. The average Bonchev–Trinajstić information content (AvgIpc) is 2.68. The highest BCUT2D eigenvalue weighted by atomic mass is 127. The van der Waals surface area contributed by atoms with Gasteiger partial charge in [0, 0.05) is 4.47 Å². The maximum Gasteiger partial charge on any atom is 0.282 e. The van der Waals surface area contributed by atoms with E-state index in [-0.39, 0.29) is 5.56 Å². The Morgan fingerprint density at radius 1 is 1.31 bits per heavy atom. The van der Waals surface area contributed by atoms with Crippen LogP contribution < -0.4 is 15.0 Å². The molecule has 0 saturated heterocycles. The van der Waals surface area contributed by atoms with Crippen molar-refractivity contribution in [2.24, 2.45) is 5.10 Å². The zero-order chi connectivity index (χ0) is 21.0. The van der Waals surface area contributed by atoms with Crippen LogP contribution in [-0.2, 0) is 0 Å². The molecule has 0 unspecified atom stereocenters. The Morgan fingerprint density at radius 2 is 2.10 bits per heavy atom. The summed E-state index contributed by atoms with van der Waals surface area (Å²) in [5.41, 5.74) is 1.19. The molecular weight excluding hydrogens is 549 g/mol. The normalized spacial score (nSPS) is 11.2. The molecule has 0 fully saturated rings. The third kappa shape index (κ3) is 4.87. The van der Waals surface area contributed by atoms with Crippen LogP contribution in [0.2, 0.25) is 0 Å². The van der Waals surface area contributed by atoms with Gasteiger partial charge in [-0.25, -0.2) is 4.98 Å². The number of nitrogens with zero attached hydrogens (tertiary/aromatic N) is 3. The smallest absolute Gasteiger partial charge is 0.282 e. The van der Waals surface area contributed by atoms with Gasteiger partial charge in [0.15, 0.2) is 11.5 Å². The van der Waals surface area contributed by atoms with Crippen molar-refractivity contribution in [2.45, 2.75) is 13.8 Å². The van der Waals surface area contributed by atoms with Crippen LogP contribution in [0.5, 0.6) is 11.5 Å². The maximum absolute atomic E-state index is 12.9. The van der Waals surface area contributed by atoms with Gasteiger partial charge in [0.1, 0.15) is 12.4 Å². The van der Waals surface area contributed by atoms with Crippen LogP contribution in [0.15, 0.2) is 57.4 Å². The Morgan fingerprint density at radius 3 is 2.83 bits per heavy atom. The van der Waals surface area contributed by atoms with Crippen molar-refractivity contribution in [2.75, 3.05) is 13.2 Å². The number of halogens is 2. The summed E-state index contributed by atoms with van der Waals surface area (Å²) < 4.78 is 14.4. The highest BCUT2D eigenvalue weighted by Gasteiger charge is 2.12. The molecule has 6 nitrogen and oxygen atoms in total. The molecule has 1 heterocycles. The van der Waals surface area contributed by atoms with Crippen LogP contribution >= 0.6 is 38.5 Å². The molecule has 0 bridgehead atoms. The molecule has 0 aliphatic rings. The van der Waals surface area contributed by atoms with Gasteiger partial charge >= 0.3 is 0 Å². The number of aryl methyl sites for hydroxylation is 1. The highest BCUT2D eigenvalue weighted by Crippen LogP contribution is 2.34. The highest BCUT2D eigenvalue weighted by molar-refractivity contribution is 14.1. The minimum atomic E-state index is -0.226. The fourth-order valence-corrected chi connectivity index (χ4v) is 3.87. The first kappa shape index (κ1) is 21.5. The van der Waals surface area contributed by atoms with E-state index in [9.17, 15) is 4.79 Å². The van der Waals surface area contributed by atoms with Gasteiger partial charge in [-0.1, -0.05) is 28.6 Å². The lowest BCUT2D eigenvalue weighted by atomic mass is 10.2. The van der Waals surface area contributed by atoms with Crippen molar-refractivity contribution in [1.29, 1.82) is 0 Å². The molecule has 29 heavy (non-hydrogen) atoms. The molecule has 0 amide bonds. The Hall–Kier alpha value is -2.20. The number of ether oxygens (including phenoxy) is 2. The van der Waals surface area contributed by atoms with Crippen molar-refractivity contribution in [3.05, 3.63) is 72.8 Å². The van der Waals surface area contributed by atoms with E-state index in [1.54, 1.807) is 31.3 Å². The third-order valence-corrected chi connectivity index (χ3v) is 5.26. The summed E-state index contributed by atoms with van der Waals surface area (Å²) in [6, 6.07) is 9.16. The van der Waals surface area contributed by atoms with Gasteiger partial charge in [0.25, 0.3) is 5.56 Å². The number of hydrogen-bond donors (Lipinski definition) is 0. The zero-order valence-corrected chi connectivity index (χ0v) is 19.7. The summed E-state index contributed by atoms with van der Waals surface area (Å²) in [5.74, 6) is 1.79. The number of rotatable bonds is 7. The van der Waals surface area contributed by atoms with E-state index in [2.05, 4.69) is 55.2 Å². The zero-order valence-electron chi connectivity index (χ0n) is 16.0. The van der Waals surface area contributed by atoms with Crippen molar-refractivity contribution in [3.8, 4) is 11.5 Å². The van der Waals surface area contributed by atoms with Crippen LogP contribution in [0.25, 0.3) is 10.9 Å². The van der Waals surface area contributed by atoms with Crippen LogP contribution in [0.1, 0.15) is 18.3 Å². The van der Waals surface area contributed by atoms with Crippen molar-refractivity contribution in [3.63, 3.8) is 0 Å². The van der Waals surface area contributed by atoms with Crippen LogP contribution in [0, 0.1) is 10.5 Å². The standard InChI is InChI=1S/C21H19BrIN3O3/c1-4-8-29-20-17(23)9-14(10-19(20)28-5-2)12-24-26-13(3)25-18-7-6-15(22)11-16(18)21(26)27/h4,6-7,9-12H,1,5,8H2,2-3H3. The van der Waals surface area contributed by atoms with E-state index in [4.69, 9.17) is 9.47 Å². The molecule has 0 radical (unpaired) electrons. The van der Waals surface area contributed by atoms with Gasteiger partial charge in [-0.15, -0.1) is 0 Å². The fraction of sp³-hybridized carbons (Fsp3) is 0.190. The average molecular weight is 568 g/mol. The first-order valence-corrected chi connectivity index (χ1v) is 10.7. The van der Waals surface area contributed by atoms with Gasteiger partial charge in [-0.2, -0.15) is 9.78 Å². The second kappa shape index (κ2) is 9.53. The number of benzene rings is 2. The predicted octanol–water partition coefficient (Wildman–Crippen LogP) is 4.92. The Balaban J connectivity index is 2.03. The molecule has 0 atom stereocenters. The molecule has 2 aromatic carbocycles. The molecule has 150 valence electrons. The molecule has 0 saturated carbocycles. The molecule has 3 aromatic rings. The van der Waals surface area contributed by atoms with E-state index in [0.717, 1.165) is 13.6 Å². The Bertz CT molecular complexity index is 1160. The van der Waals surface area contributed by atoms with E-state index >= 15 is 0 Å². The third-order valence-electron chi connectivity index (χ3n) is 3.97. The summed E-state index contributed by atoms with van der Waals surface area (Å²) in [4.78, 5) is 17.3. The second-order valence-electron chi connectivity index (χ2n) is 6.04. The van der Waals surface area contributed by atoms with E-state index in [1.165, 1.54) is 4.68 Å². The number of fused-ring (bicyclic) bond motifs is 1. The van der Waals surface area contributed by atoms with Gasteiger partial charge < -0.3 is 9.47 Å². The van der Waals surface area contributed by atoms with Crippen molar-refractivity contribution < 1.29 is 9.47 Å². The first-order valence-electron chi connectivity index (χ1n) is 8.88. The van der Waals surface area contributed by atoms with E-state index in [0.29, 0.717) is 41.4 Å². The number of hydrogen-bond acceptors (Lipinski definition) is 5. The topological polar surface area (TPSA) is 65.7 Å². The van der Waals surface area contributed by atoms with Crippen molar-refractivity contribution >= 4 is 55.6 Å². The summed E-state index contributed by atoms with van der Waals surface area (Å²) in [7, 11) is 0. The van der Waals surface area contributed by atoms with Crippen LogP contribution in [0.3, 0.4) is 0 Å². The monoisotopic (exact) mass is 567 g/mol. The summed E-state index contributed by atoms with van der Waals surface area (Å²) in [5, 5.41) is 4.87. The van der Waals surface area contributed by atoms with Gasteiger partial charge in [-0.3, -0.25) is 4.79 Å². The molecule has 8 heteroatoms. The minimum Gasteiger partial charge on any atom is -0.490 e. The lowest BCUT2D eigenvalue weighted by molar-refractivity contribution is 0.295. The molecule has 3 rings (SSSR count). The summed E-state index contributed by atoms with van der Waals surface area (Å²) in [6.45, 7) is 8.22. The molecule has 0 N–H and O–H groups in total. The van der Waals surface area contributed by atoms with E-state index in [1.807, 2.05) is 25.1 Å². The quantitative estimate of drug-likeness (QED) is 0.231. The summed E-state index contributed by atoms with van der Waals surface area (Å²) >= 11 is 5.58. The minimum absolute atomic E-state index is 0.226.